The molecule has 2 atom stereocenters. The fourth-order valence-electron chi connectivity index (χ4n) is 4.73. The Morgan fingerprint density at radius 3 is 2.24 bits per heavy atom. The second-order valence-corrected chi connectivity index (χ2v) is 13.5. The summed E-state index contributed by atoms with van der Waals surface area (Å²) >= 11 is 0. The molecule has 0 unspecified atom stereocenters. The zero-order valence-electron chi connectivity index (χ0n) is 19.3. The Morgan fingerprint density at radius 1 is 0.970 bits per heavy atom. The number of hydrogen-bond donors (Lipinski definition) is 0. The molecule has 2 heterocycles. The van der Waals surface area contributed by atoms with Crippen LogP contribution >= 0.6 is 0 Å². The Balaban J connectivity index is 1.52. The molecule has 180 valence electrons. The monoisotopic (exact) mass is 492 g/mol. The molecule has 0 radical (unpaired) electrons. The quantitative estimate of drug-likeness (QED) is 0.613. The summed E-state index contributed by atoms with van der Waals surface area (Å²) in [6.07, 6.45) is -0.0183. The molecule has 0 N–H and O–H groups in total. The molecule has 0 aromatic heterocycles. The third-order valence-electron chi connectivity index (χ3n) is 6.34. The van der Waals surface area contributed by atoms with E-state index in [-0.39, 0.29) is 22.5 Å². The summed E-state index contributed by atoms with van der Waals surface area (Å²) in [4.78, 5) is 4.46. The van der Waals surface area contributed by atoms with Crippen molar-refractivity contribution in [1.82, 2.24) is 4.90 Å². The summed E-state index contributed by atoms with van der Waals surface area (Å²) in [6, 6.07) is 14.1. The van der Waals surface area contributed by atoms with Gasteiger partial charge in [-0.1, -0.05) is 12.1 Å². The van der Waals surface area contributed by atoms with Crippen molar-refractivity contribution < 1.29 is 21.6 Å². The molecule has 7 nitrogen and oxygen atoms in total. The van der Waals surface area contributed by atoms with Gasteiger partial charge in [-0.05, 0) is 62.7 Å². The first-order valence-electron chi connectivity index (χ1n) is 11.3. The molecule has 2 fully saturated rings. The fourth-order valence-corrected chi connectivity index (χ4v) is 9.55. The molecule has 0 amide bonds. The van der Waals surface area contributed by atoms with Crippen LogP contribution in [0.4, 0.5) is 5.69 Å². The summed E-state index contributed by atoms with van der Waals surface area (Å²) in [5.41, 5.74) is 2.33. The molecule has 33 heavy (non-hydrogen) atoms. The smallest absolute Gasteiger partial charge is 0.183 e. The highest BCUT2D eigenvalue weighted by Gasteiger charge is 2.48. The third kappa shape index (κ3) is 5.36. The largest absolute Gasteiger partial charge is 0.491 e. The number of nitrogens with zero attached hydrogens (tertiary/aromatic N) is 2. The molecule has 2 saturated heterocycles. The lowest BCUT2D eigenvalue weighted by Crippen LogP contribution is -2.55. The average Bonchev–Trinajstić information content (AvgIpc) is 3.10. The molecule has 2 aliphatic heterocycles. The fraction of sp³-hybridized carbons (Fsp3) is 0.500. The van der Waals surface area contributed by atoms with E-state index in [9.17, 15) is 16.8 Å². The maximum Gasteiger partial charge on any atom is 0.183 e. The number of hydrogen-bond acceptors (Lipinski definition) is 7. The van der Waals surface area contributed by atoms with Gasteiger partial charge in [0.15, 0.2) is 19.7 Å². The number of rotatable bonds is 6. The Labute approximate surface area is 197 Å². The standard InChI is InChI=1S/C24H32N2O5S2/c1-18(2)31-21-7-9-22(10-8-21)33(29,30)24-17-32(27,28)16-23(24)26-13-11-25(12-14-26)20-6-4-5-19(3)15-20/h4-10,15,18,23-24H,11-14,16-17H2,1-3H3/t23-,24-/m0/s1. The molecule has 0 aliphatic carbocycles. The van der Waals surface area contributed by atoms with Crippen molar-refractivity contribution in [2.45, 2.75) is 43.1 Å². The summed E-state index contributed by atoms with van der Waals surface area (Å²) in [6.45, 7) is 8.57. The van der Waals surface area contributed by atoms with Gasteiger partial charge in [-0.15, -0.1) is 0 Å². The van der Waals surface area contributed by atoms with Gasteiger partial charge in [-0.25, -0.2) is 16.8 Å². The van der Waals surface area contributed by atoms with Crippen molar-refractivity contribution in [3.05, 3.63) is 54.1 Å². The van der Waals surface area contributed by atoms with Crippen molar-refractivity contribution >= 4 is 25.4 Å². The van der Waals surface area contributed by atoms with E-state index in [1.807, 2.05) is 19.9 Å². The van der Waals surface area contributed by atoms with Gasteiger partial charge in [0, 0.05) is 37.9 Å². The minimum atomic E-state index is -3.81. The normalized spacial score (nSPS) is 23.7. The topological polar surface area (TPSA) is 84.0 Å². The van der Waals surface area contributed by atoms with E-state index in [0.29, 0.717) is 18.8 Å². The Morgan fingerprint density at radius 2 is 1.64 bits per heavy atom. The predicted molar refractivity (Wildman–Crippen MR) is 131 cm³/mol. The van der Waals surface area contributed by atoms with Gasteiger partial charge in [0.05, 0.1) is 27.8 Å². The highest BCUT2D eigenvalue weighted by Crippen LogP contribution is 2.31. The van der Waals surface area contributed by atoms with E-state index >= 15 is 0 Å². The minimum absolute atomic E-state index is 0.0183. The van der Waals surface area contributed by atoms with Crippen molar-refractivity contribution in [3.63, 3.8) is 0 Å². The van der Waals surface area contributed by atoms with Crippen LogP contribution in [0.25, 0.3) is 0 Å². The molecular weight excluding hydrogens is 460 g/mol. The van der Waals surface area contributed by atoms with Gasteiger partial charge in [-0.3, -0.25) is 4.90 Å². The van der Waals surface area contributed by atoms with Crippen LogP contribution in [0.3, 0.4) is 0 Å². The molecular formula is C24H32N2O5S2. The highest BCUT2D eigenvalue weighted by molar-refractivity contribution is 7.96. The summed E-state index contributed by atoms with van der Waals surface area (Å²) < 4.78 is 57.7. The molecule has 0 bridgehead atoms. The van der Waals surface area contributed by atoms with Gasteiger partial charge < -0.3 is 9.64 Å². The van der Waals surface area contributed by atoms with Crippen molar-refractivity contribution in [1.29, 1.82) is 0 Å². The maximum atomic E-state index is 13.5. The van der Waals surface area contributed by atoms with E-state index in [4.69, 9.17) is 4.74 Å². The predicted octanol–water partition coefficient (Wildman–Crippen LogP) is 2.54. The summed E-state index contributed by atoms with van der Waals surface area (Å²) in [5.74, 6) is 0.143. The van der Waals surface area contributed by atoms with Gasteiger partial charge in [0.25, 0.3) is 0 Å². The number of sulfone groups is 2. The molecule has 0 spiro atoms. The SMILES string of the molecule is Cc1cccc(N2CCN([C@H]3CS(=O)(=O)C[C@@H]3S(=O)(=O)c3ccc(OC(C)C)cc3)CC2)c1. The van der Waals surface area contributed by atoms with Crippen molar-refractivity contribution in [2.75, 3.05) is 42.6 Å². The maximum absolute atomic E-state index is 13.5. The molecule has 4 rings (SSSR count). The number of ether oxygens (including phenoxy) is 1. The van der Waals surface area contributed by atoms with E-state index in [1.165, 1.54) is 17.7 Å². The lowest BCUT2D eigenvalue weighted by molar-refractivity contribution is 0.201. The Bertz CT molecular complexity index is 1190. The van der Waals surface area contributed by atoms with Crippen LogP contribution in [0.5, 0.6) is 5.75 Å². The second kappa shape index (κ2) is 9.27. The molecule has 2 aliphatic rings. The van der Waals surface area contributed by atoms with Gasteiger partial charge in [0.1, 0.15) is 5.75 Å². The minimum Gasteiger partial charge on any atom is -0.491 e. The summed E-state index contributed by atoms with van der Waals surface area (Å²) in [5, 5.41) is -0.968. The zero-order chi connectivity index (χ0) is 23.8. The van der Waals surface area contributed by atoms with Crippen LogP contribution in [-0.2, 0) is 19.7 Å². The lowest BCUT2D eigenvalue weighted by atomic mass is 10.1. The van der Waals surface area contributed by atoms with Crippen LogP contribution in [0.1, 0.15) is 19.4 Å². The van der Waals surface area contributed by atoms with Crippen molar-refractivity contribution in [2.24, 2.45) is 0 Å². The average molecular weight is 493 g/mol. The van der Waals surface area contributed by atoms with E-state index in [2.05, 4.69) is 34.9 Å². The highest BCUT2D eigenvalue weighted by atomic mass is 32.2. The van der Waals surface area contributed by atoms with Crippen LogP contribution in [0.2, 0.25) is 0 Å². The first kappa shape index (κ1) is 24.0. The van der Waals surface area contributed by atoms with E-state index in [1.54, 1.807) is 12.1 Å². The van der Waals surface area contributed by atoms with Crippen LogP contribution in [0, 0.1) is 6.92 Å². The summed E-state index contributed by atoms with van der Waals surface area (Å²) in [7, 11) is -7.25. The van der Waals surface area contributed by atoms with Crippen LogP contribution in [0.15, 0.2) is 53.4 Å². The molecule has 2 aromatic rings. The zero-order valence-corrected chi connectivity index (χ0v) is 21.0. The van der Waals surface area contributed by atoms with Gasteiger partial charge in [-0.2, -0.15) is 0 Å². The van der Waals surface area contributed by atoms with Gasteiger partial charge in [0.2, 0.25) is 0 Å². The molecule has 2 aromatic carbocycles. The lowest BCUT2D eigenvalue weighted by Gasteiger charge is -2.40. The van der Waals surface area contributed by atoms with Crippen molar-refractivity contribution in [3.8, 4) is 5.75 Å². The number of piperazine rings is 1. The third-order valence-corrected chi connectivity index (χ3v) is 10.5. The Hall–Kier alpha value is -2.10. The van der Waals surface area contributed by atoms with Crippen LogP contribution in [-0.4, -0.2) is 76.8 Å². The second-order valence-electron chi connectivity index (χ2n) is 9.23. The first-order valence-corrected chi connectivity index (χ1v) is 14.7. The number of anilines is 1. The number of benzene rings is 2. The van der Waals surface area contributed by atoms with Gasteiger partial charge >= 0.3 is 0 Å². The molecule has 9 heteroatoms. The van der Waals surface area contributed by atoms with E-state index < -0.39 is 31.0 Å². The Kier molecular flexibility index (Phi) is 6.75. The van der Waals surface area contributed by atoms with Crippen LogP contribution < -0.4 is 9.64 Å². The first-order chi connectivity index (χ1) is 15.5. The molecule has 0 saturated carbocycles. The number of aryl methyl sites for hydroxylation is 1. The van der Waals surface area contributed by atoms with E-state index in [0.717, 1.165) is 18.8 Å².